The quantitative estimate of drug-likeness (QED) is 0.914. The van der Waals surface area contributed by atoms with Crippen LogP contribution in [0.3, 0.4) is 0 Å². The van der Waals surface area contributed by atoms with Crippen molar-refractivity contribution in [3.8, 4) is 0 Å². The average molecular weight is 295 g/mol. The molecule has 2 heterocycles. The highest BCUT2D eigenvalue weighted by Crippen LogP contribution is 2.18. The minimum absolute atomic E-state index is 0. The minimum Gasteiger partial charge on any atom is -0.383 e. The summed E-state index contributed by atoms with van der Waals surface area (Å²) in [7, 11) is 1.69. The van der Waals surface area contributed by atoms with E-state index in [1.165, 1.54) is 21.9 Å². The second kappa shape index (κ2) is 5.79. The van der Waals surface area contributed by atoms with Crippen LogP contribution in [-0.4, -0.2) is 24.9 Å². The molecule has 4 nitrogen and oxygen atoms in total. The molecular formula is C9H15BrN2O2S. The highest BCUT2D eigenvalue weighted by atomic mass is 79.9. The van der Waals surface area contributed by atoms with Crippen molar-refractivity contribution >= 4 is 28.3 Å². The highest BCUT2D eigenvalue weighted by Gasteiger charge is 2.16. The second-order valence-electron chi connectivity index (χ2n) is 3.22. The normalized spacial score (nSPS) is 14.5. The number of thiazole rings is 1. The van der Waals surface area contributed by atoms with Crippen molar-refractivity contribution in [1.29, 1.82) is 5.41 Å². The number of nitrogens with one attached hydrogen (secondary N) is 1. The van der Waals surface area contributed by atoms with E-state index in [0.29, 0.717) is 18.0 Å². The van der Waals surface area contributed by atoms with E-state index in [2.05, 4.69) is 0 Å². The molecule has 6 heteroatoms. The van der Waals surface area contributed by atoms with Crippen LogP contribution in [0.2, 0.25) is 0 Å². The van der Waals surface area contributed by atoms with Gasteiger partial charge < -0.3 is 14.0 Å². The van der Waals surface area contributed by atoms with Gasteiger partial charge in [-0.1, -0.05) is 11.3 Å². The molecule has 0 spiro atoms. The number of rotatable bonds is 3. The number of hydrogen-bond acceptors (Lipinski definition) is 4. The van der Waals surface area contributed by atoms with Gasteiger partial charge in [-0.25, -0.2) is 0 Å². The summed E-state index contributed by atoms with van der Waals surface area (Å²) >= 11 is 1.52. The first-order valence-electron chi connectivity index (χ1n) is 4.65. The molecule has 0 saturated heterocycles. The Morgan fingerprint density at radius 1 is 1.60 bits per heavy atom. The predicted octanol–water partition coefficient (Wildman–Crippen LogP) is 1.33. The summed E-state index contributed by atoms with van der Waals surface area (Å²) in [6.07, 6.45) is 0.925. The third-order valence-electron chi connectivity index (χ3n) is 2.35. The largest absolute Gasteiger partial charge is 0.383 e. The van der Waals surface area contributed by atoms with Gasteiger partial charge in [-0.2, -0.15) is 0 Å². The molecule has 0 aliphatic carbocycles. The summed E-state index contributed by atoms with van der Waals surface area (Å²) in [6.45, 7) is 2.89. The zero-order chi connectivity index (χ0) is 9.97. The molecule has 0 saturated carbocycles. The molecule has 0 bridgehead atoms. The number of ether oxygens (including phenoxy) is 2. The third kappa shape index (κ3) is 2.69. The van der Waals surface area contributed by atoms with E-state index in [0.717, 1.165) is 19.6 Å². The van der Waals surface area contributed by atoms with Gasteiger partial charge >= 0.3 is 0 Å². The molecular weight excluding hydrogens is 280 g/mol. The maximum absolute atomic E-state index is 7.82. The molecule has 0 amide bonds. The lowest BCUT2D eigenvalue weighted by molar-refractivity contribution is 0.109. The molecule has 1 aliphatic rings. The fraction of sp³-hybridized carbons (Fsp3) is 0.667. The lowest BCUT2D eigenvalue weighted by atomic mass is 10.2. The van der Waals surface area contributed by atoms with E-state index < -0.39 is 0 Å². The Kier molecular flexibility index (Phi) is 4.98. The van der Waals surface area contributed by atoms with Gasteiger partial charge in [0.1, 0.15) is 0 Å². The second-order valence-corrected chi connectivity index (χ2v) is 4.31. The van der Waals surface area contributed by atoms with Crippen molar-refractivity contribution in [2.45, 2.75) is 19.6 Å². The Morgan fingerprint density at radius 2 is 2.40 bits per heavy atom. The van der Waals surface area contributed by atoms with E-state index in [9.17, 15) is 0 Å². The van der Waals surface area contributed by atoms with E-state index in [4.69, 9.17) is 14.9 Å². The fourth-order valence-corrected chi connectivity index (χ4v) is 2.66. The molecule has 1 aliphatic heterocycles. The molecule has 1 aromatic rings. The van der Waals surface area contributed by atoms with Crippen molar-refractivity contribution < 1.29 is 9.47 Å². The third-order valence-corrected chi connectivity index (χ3v) is 3.36. The molecule has 15 heavy (non-hydrogen) atoms. The Balaban J connectivity index is 0.00000112. The Bertz CT molecular complexity index is 375. The number of nitrogens with zero attached hydrogens (tertiary/aromatic N) is 1. The zero-order valence-corrected chi connectivity index (χ0v) is 11.1. The smallest absolute Gasteiger partial charge is 0.182 e. The number of aromatic nitrogens is 1. The first-order chi connectivity index (χ1) is 6.83. The number of hydrogen-bond donors (Lipinski definition) is 1. The zero-order valence-electron chi connectivity index (χ0n) is 8.62. The first kappa shape index (κ1) is 12.9. The van der Waals surface area contributed by atoms with Gasteiger partial charge in [0.05, 0.1) is 24.7 Å². The van der Waals surface area contributed by atoms with Crippen molar-refractivity contribution in [3.63, 3.8) is 0 Å². The topological polar surface area (TPSA) is 47.2 Å². The molecule has 0 atom stereocenters. The molecule has 2 rings (SSSR count). The average Bonchev–Trinajstić information content (AvgIpc) is 2.51. The van der Waals surface area contributed by atoms with Crippen LogP contribution in [0.4, 0.5) is 0 Å². The standard InChI is InChI=1S/C9H14N2O2S.BrH/c1-12-5-3-11-7-2-4-13-6-8(7)14-9(11)10;/h10H,2-6H2,1H3;1H. The van der Waals surface area contributed by atoms with Crippen molar-refractivity contribution in [1.82, 2.24) is 4.57 Å². The number of fused-ring (bicyclic) bond motifs is 1. The maximum Gasteiger partial charge on any atom is 0.182 e. The van der Waals surface area contributed by atoms with E-state index >= 15 is 0 Å². The van der Waals surface area contributed by atoms with E-state index in [-0.39, 0.29) is 17.0 Å². The van der Waals surface area contributed by atoms with Gasteiger partial charge in [0.2, 0.25) is 0 Å². The number of halogens is 1. The van der Waals surface area contributed by atoms with Crippen molar-refractivity contribution in [2.24, 2.45) is 0 Å². The lowest BCUT2D eigenvalue weighted by Gasteiger charge is -2.14. The summed E-state index contributed by atoms with van der Waals surface area (Å²) < 4.78 is 12.4. The molecule has 0 fully saturated rings. The molecule has 86 valence electrons. The van der Waals surface area contributed by atoms with Gasteiger partial charge in [-0.3, -0.25) is 5.41 Å². The summed E-state index contributed by atoms with van der Waals surface area (Å²) in [5.74, 6) is 0. The Labute approximate surface area is 103 Å². The van der Waals surface area contributed by atoms with Crippen LogP contribution >= 0.6 is 28.3 Å². The van der Waals surface area contributed by atoms with Gasteiger partial charge in [0.15, 0.2) is 4.80 Å². The predicted molar refractivity (Wildman–Crippen MR) is 63.7 cm³/mol. The molecule has 1 N–H and O–H groups in total. The van der Waals surface area contributed by atoms with Gasteiger partial charge in [-0.15, -0.1) is 17.0 Å². The molecule has 0 radical (unpaired) electrons. The molecule has 0 aromatic carbocycles. The van der Waals surface area contributed by atoms with Gasteiger partial charge in [0.25, 0.3) is 0 Å². The minimum atomic E-state index is 0. The maximum atomic E-state index is 7.82. The monoisotopic (exact) mass is 294 g/mol. The summed E-state index contributed by atoms with van der Waals surface area (Å²) in [5, 5.41) is 7.82. The van der Waals surface area contributed by atoms with Gasteiger partial charge in [0, 0.05) is 25.8 Å². The van der Waals surface area contributed by atoms with Crippen LogP contribution in [0.25, 0.3) is 0 Å². The van der Waals surface area contributed by atoms with E-state index in [1.54, 1.807) is 7.11 Å². The Hall–Kier alpha value is -0.170. The fourth-order valence-electron chi connectivity index (χ4n) is 1.64. The Morgan fingerprint density at radius 3 is 3.13 bits per heavy atom. The van der Waals surface area contributed by atoms with Crippen LogP contribution in [0.1, 0.15) is 10.6 Å². The van der Waals surface area contributed by atoms with Crippen molar-refractivity contribution in [2.75, 3.05) is 20.3 Å². The summed E-state index contributed by atoms with van der Waals surface area (Å²) in [4.78, 5) is 1.81. The van der Waals surface area contributed by atoms with Crippen LogP contribution in [-0.2, 0) is 29.0 Å². The van der Waals surface area contributed by atoms with Crippen LogP contribution < -0.4 is 4.80 Å². The number of methoxy groups -OCH3 is 1. The lowest BCUT2D eigenvalue weighted by Crippen LogP contribution is -2.21. The van der Waals surface area contributed by atoms with Crippen LogP contribution in [0.5, 0.6) is 0 Å². The van der Waals surface area contributed by atoms with Crippen molar-refractivity contribution in [3.05, 3.63) is 15.4 Å². The highest BCUT2D eigenvalue weighted by molar-refractivity contribution is 8.93. The first-order valence-corrected chi connectivity index (χ1v) is 5.47. The van der Waals surface area contributed by atoms with Gasteiger partial charge in [-0.05, 0) is 0 Å². The SMILES string of the molecule is Br.COCCn1c2c(sc1=N)COCC2. The summed E-state index contributed by atoms with van der Waals surface area (Å²) in [5.41, 5.74) is 1.27. The van der Waals surface area contributed by atoms with Crippen LogP contribution in [0.15, 0.2) is 0 Å². The molecule has 0 unspecified atom stereocenters. The molecule has 1 aromatic heterocycles. The van der Waals surface area contributed by atoms with Crippen LogP contribution in [0, 0.1) is 5.41 Å². The van der Waals surface area contributed by atoms with E-state index in [1.807, 2.05) is 4.57 Å². The summed E-state index contributed by atoms with van der Waals surface area (Å²) in [6, 6.07) is 0.